The number of β-amino-alcohol motifs (C(OH)–C–C–N with tert-alkyl or cyclic N) is 1. The maximum Gasteiger partial charge on any atom is 0.272 e. The van der Waals surface area contributed by atoms with Crippen molar-refractivity contribution >= 4 is 11.8 Å². The second-order valence-corrected chi connectivity index (χ2v) is 5.16. The van der Waals surface area contributed by atoms with Gasteiger partial charge in [-0.2, -0.15) is 0 Å². The molecule has 22 heavy (non-hydrogen) atoms. The lowest BCUT2D eigenvalue weighted by Crippen LogP contribution is -2.44. The molecule has 1 aliphatic rings. The van der Waals surface area contributed by atoms with Crippen molar-refractivity contribution in [2.75, 3.05) is 13.1 Å². The lowest BCUT2D eigenvalue weighted by atomic mass is 10.2. The summed E-state index contributed by atoms with van der Waals surface area (Å²) < 4.78 is 0. The first-order chi connectivity index (χ1) is 10.7. The van der Waals surface area contributed by atoms with Crippen LogP contribution in [0, 0.1) is 0 Å². The number of aliphatic hydroxyl groups excluding tert-OH is 1. The fourth-order valence-corrected chi connectivity index (χ4v) is 2.50. The fourth-order valence-electron chi connectivity index (χ4n) is 2.50. The Hall–Kier alpha value is -2.66. The van der Waals surface area contributed by atoms with Gasteiger partial charge in [0.2, 0.25) is 0 Å². The zero-order valence-electron chi connectivity index (χ0n) is 11.9. The van der Waals surface area contributed by atoms with E-state index < -0.39 is 6.10 Å². The molecule has 1 aliphatic heterocycles. The van der Waals surface area contributed by atoms with Crippen molar-refractivity contribution in [3.05, 3.63) is 71.8 Å². The highest BCUT2D eigenvalue weighted by atomic mass is 16.3. The van der Waals surface area contributed by atoms with Crippen molar-refractivity contribution in [2.45, 2.75) is 6.10 Å². The summed E-state index contributed by atoms with van der Waals surface area (Å²) in [6.45, 7) is 0.235. The number of hydrogen-bond acceptors (Lipinski definition) is 3. The smallest absolute Gasteiger partial charge is 0.272 e. The number of hydrogen-bond donors (Lipinski definition) is 1. The summed E-state index contributed by atoms with van der Waals surface area (Å²) in [5, 5.41) is 12.5. The van der Waals surface area contributed by atoms with Crippen molar-refractivity contribution < 1.29 is 14.7 Å². The van der Waals surface area contributed by atoms with E-state index in [0.29, 0.717) is 11.1 Å². The molecule has 1 saturated heterocycles. The molecular weight excluding hydrogens is 280 g/mol. The number of aliphatic hydroxyl groups is 1. The van der Waals surface area contributed by atoms with E-state index in [1.165, 1.54) is 10.0 Å². The molecule has 0 unspecified atom stereocenters. The summed E-state index contributed by atoms with van der Waals surface area (Å²) in [7, 11) is 0. The van der Waals surface area contributed by atoms with Crippen LogP contribution in [-0.4, -0.2) is 46.1 Å². The van der Waals surface area contributed by atoms with Crippen LogP contribution in [0.2, 0.25) is 0 Å². The molecule has 0 saturated carbocycles. The molecule has 2 amide bonds. The zero-order chi connectivity index (χ0) is 15.5. The van der Waals surface area contributed by atoms with E-state index in [2.05, 4.69) is 0 Å². The lowest BCUT2D eigenvalue weighted by Gasteiger charge is -2.27. The predicted octanol–water partition coefficient (Wildman–Crippen LogP) is 1.56. The molecule has 1 N–H and O–H groups in total. The van der Waals surface area contributed by atoms with Crippen molar-refractivity contribution in [2.24, 2.45) is 0 Å². The van der Waals surface area contributed by atoms with Gasteiger partial charge < -0.3 is 5.11 Å². The van der Waals surface area contributed by atoms with Crippen molar-refractivity contribution in [1.29, 1.82) is 0 Å². The van der Waals surface area contributed by atoms with Crippen LogP contribution in [0.3, 0.4) is 0 Å². The fraction of sp³-hybridized carbons (Fsp3) is 0.176. The minimum atomic E-state index is -0.736. The number of benzene rings is 2. The molecule has 0 aromatic heterocycles. The van der Waals surface area contributed by atoms with Gasteiger partial charge >= 0.3 is 0 Å². The summed E-state index contributed by atoms with van der Waals surface area (Å²) in [5.41, 5.74) is 0.977. The van der Waals surface area contributed by atoms with Gasteiger partial charge in [0.25, 0.3) is 11.8 Å². The summed E-state index contributed by atoms with van der Waals surface area (Å²) in [6.07, 6.45) is -0.736. The van der Waals surface area contributed by atoms with Crippen molar-refractivity contribution in [1.82, 2.24) is 10.0 Å². The second-order valence-electron chi connectivity index (χ2n) is 5.16. The van der Waals surface area contributed by atoms with Crippen LogP contribution in [0.15, 0.2) is 60.7 Å². The third kappa shape index (κ3) is 2.71. The molecule has 2 aromatic rings. The van der Waals surface area contributed by atoms with Gasteiger partial charge in [0.1, 0.15) is 0 Å². The Balaban J connectivity index is 1.87. The number of carbonyl (C=O) groups excluding carboxylic acids is 2. The maximum atomic E-state index is 12.6. The van der Waals surface area contributed by atoms with Gasteiger partial charge in [-0.1, -0.05) is 36.4 Å². The molecule has 112 valence electrons. The number of amides is 2. The van der Waals surface area contributed by atoms with Crippen molar-refractivity contribution in [3.63, 3.8) is 0 Å². The van der Waals surface area contributed by atoms with Crippen LogP contribution in [0.25, 0.3) is 0 Å². The molecule has 0 bridgehead atoms. The molecule has 5 nitrogen and oxygen atoms in total. The first-order valence-electron chi connectivity index (χ1n) is 7.08. The molecule has 2 aromatic carbocycles. The molecule has 0 atom stereocenters. The standard InChI is InChI=1S/C17H16N2O3/c20-15-11-18(16(21)13-7-3-1-4-8-13)19(12-15)17(22)14-9-5-2-6-10-14/h1-10,15,20H,11-12H2. The summed E-state index contributed by atoms with van der Waals surface area (Å²) in [5.74, 6) is -0.581. The Kier molecular flexibility index (Phi) is 3.89. The molecule has 0 aliphatic carbocycles. The highest BCUT2D eigenvalue weighted by Crippen LogP contribution is 2.18. The molecule has 0 radical (unpaired) electrons. The van der Waals surface area contributed by atoms with Crippen molar-refractivity contribution in [3.8, 4) is 0 Å². The van der Waals surface area contributed by atoms with Gasteiger partial charge in [-0.3, -0.25) is 9.59 Å². The average molecular weight is 296 g/mol. The van der Waals surface area contributed by atoms with Crippen LogP contribution < -0.4 is 0 Å². The van der Waals surface area contributed by atoms with Gasteiger partial charge in [-0.15, -0.1) is 0 Å². The molecule has 3 rings (SSSR count). The quantitative estimate of drug-likeness (QED) is 0.915. The second kappa shape index (κ2) is 5.99. The van der Waals surface area contributed by atoms with Crippen LogP contribution >= 0.6 is 0 Å². The molecule has 5 heteroatoms. The van der Waals surface area contributed by atoms with E-state index in [9.17, 15) is 14.7 Å². The molecule has 1 fully saturated rings. The Labute approximate surface area is 128 Å². The number of carbonyl (C=O) groups is 2. The Morgan fingerprint density at radius 3 is 1.50 bits per heavy atom. The van der Waals surface area contributed by atoms with E-state index in [1.807, 2.05) is 12.1 Å². The minimum absolute atomic E-state index is 0.117. The molecule has 0 spiro atoms. The summed E-state index contributed by atoms with van der Waals surface area (Å²) in [4.78, 5) is 25.1. The first kappa shape index (κ1) is 14.3. The topological polar surface area (TPSA) is 60.9 Å². The number of hydrazine groups is 1. The van der Waals surface area contributed by atoms with E-state index in [0.717, 1.165) is 0 Å². The monoisotopic (exact) mass is 296 g/mol. The first-order valence-corrected chi connectivity index (χ1v) is 7.08. The number of nitrogens with zero attached hydrogens (tertiary/aromatic N) is 2. The average Bonchev–Trinajstić information content (AvgIpc) is 2.97. The van der Waals surface area contributed by atoms with Crippen LogP contribution in [0.4, 0.5) is 0 Å². The van der Waals surface area contributed by atoms with Crippen LogP contribution in [-0.2, 0) is 0 Å². The summed E-state index contributed by atoms with van der Waals surface area (Å²) >= 11 is 0. The van der Waals surface area contributed by atoms with E-state index in [-0.39, 0.29) is 24.9 Å². The Morgan fingerprint density at radius 2 is 1.14 bits per heavy atom. The summed E-state index contributed by atoms with van der Waals surface area (Å²) in [6, 6.07) is 17.5. The highest BCUT2D eigenvalue weighted by Gasteiger charge is 2.36. The number of rotatable bonds is 2. The maximum absolute atomic E-state index is 12.6. The van der Waals surface area contributed by atoms with E-state index in [1.54, 1.807) is 48.5 Å². The van der Waals surface area contributed by atoms with Gasteiger partial charge in [-0.05, 0) is 24.3 Å². The predicted molar refractivity (Wildman–Crippen MR) is 81.0 cm³/mol. The minimum Gasteiger partial charge on any atom is -0.389 e. The SMILES string of the molecule is O=C(c1ccccc1)N1CC(O)CN1C(=O)c1ccccc1. The highest BCUT2D eigenvalue weighted by molar-refractivity contribution is 5.99. The Morgan fingerprint density at radius 1 is 0.773 bits per heavy atom. The largest absolute Gasteiger partial charge is 0.389 e. The van der Waals surface area contributed by atoms with Crippen LogP contribution in [0.5, 0.6) is 0 Å². The lowest BCUT2D eigenvalue weighted by molar-refractivity contribution is 0.0186. The van der Waals surface area contributed by atoms with Gasteiger partial charge in [0.05, 0.1) is 19.2 Å². The normalized spacial score (nSPS) is 15.1. The third-order valence-corrected chi connectivity index (χ3v) is 3.57. The zero-order valence-corrected chi connectivity index (χ0v) is 11.9. The van der Waals surface area contributed by atoms with Gasteiger partial charge in [0, 0.05) is 11.1 Å². The van der Waals surface area contributed by atoms with Crippen LogP contribution in [0.1, 0.15) is 20.7 Å². The van der Waals surface area contributed by atoms with Gasteiger partial charge in [-0.25, -0.2) is 10.0 Å². The van der Waals surface area contributed by atoms with E-state index >= 15 is 0 Å². The Bertz CT molecular complexity index is 613. The van der Waals surface area contributed by atoms with Gasteiger partial charge in [0.15, 0.2) is 0 Å². The molecular formula is C17H16N2O3. The third-order valence-electron chi connectivity index (χ3n) is 3.57. The molecule has 1 heterocycles. The van der Waals surface area contributed by atoms with E-state index in [4.69, 9.17) is 0 Å².